The molecule has 0 fully saturated rings. The van der Waals surface area contributed by atoms with E-state index in [1.807, 2.05) is 0 Å². The molecule has 0 saturated carbocycles. The first-order valence-corrected chi connectivity index (χ1v) is 11.1. The lowest BCUT2D eigenvalue weighted by Crippen LogP contribution is -2.19. The average Bonchev–Trinajstić information content (AvgIpc) is 2.84. The van der Waals surface area contributed by atoms with Crippen LogP contribution in [0.25, 0.3) is 0 Å². The maximum Gasteiger partial charge on any atom is 0.417 e. The van der Waals surface area contributed by atoms with Crippen LogP contribution in [0.4, 0.5) is 13.2 Å². The van der Waals surface area contributed by atoms with Crippen LogP contribution < -0.4 is 15.0 Å². The van der Waals surface area contributed by atoms with Crippen molar-refractivity contribution in [1.29, 1.82) is 0 Å². The largest absolute Gasteiger partial charge is 0.464 e. The Morgan fingerprint density at radius 2 is 1.69 bits per heavy atom. The minimum atomic E-state index is -4.57. The quantitative estimate of drug-likeness (QED) is 0.318. The lowest BCUT2D eigenvalue weighted by atomic mass is 10.1. The predicted octanol–water partition coefficient (Wildman–Crippen LogP) is 5.25. The molecule has 4 rings (SSSR count). The standard InChI is InChI=1S/C25H20ClF3N4O3/c1-33-14-18(10-17-12-30-15-31-13-17)23(34)32-24(33)35-9-8-16-2-4-19(5-3-16)36-20-6-7-22(26)21(11-20)25(27,28)29/h2-7,11-15H,8-10H2,1H3. The third-order valence-electron chi connectivity index (χ3n) is 5.16. The highest BCUT2D eigenvalue weighted by Gasteiger charge is 2.33. The fraction of sp³-hybridized carbons (Fsp3) is 0.200. The summed E-state index contributed by atoms with van der Waals surface area (Å²) >= 11 is 5.64. The fourth-order valence-corrected chi connectivity index (χ4v) is 3.61. The molecule has 0 saturated heterocycles. The number of ether oxygens (including phenoxy) is 2. The molecule has 2 aromatic carbocycles. The second-order valence-corrected chi connectivity index (χ2v) is 8.28. The van der Waals surface area contributed by atoms with Crippen LogP contribution >= 0.6 is 11.6 Å². The molecule has 0 unspecified atom stereocenters. The van der Waals surface area contributed by atoms with E-state index in [0.717, 1.165) is 23.3 Å². The number of nitrogens with zero attached hydrogens (tertiary/aromatic N) is 4. The highest BCUT2D eigenvalue weighted by molar-refractivity contribution is 6.31. The number of aryl methyl sites for hydroxylation is 1. The van der Waals surface area contributed by atoms with Gasteiger partial charge in [0.25, 0.3) is 11.6 Å². The van der Waals surface area contributed by atoms with E-state index in [-0.39, 0.29) is 23.9 Å². The molecule has 0 N–H and O–H groups in total. The molecule has 0 atom stereocenters. The van der Waals surface area contributed by atoms with Crippen molar-refractivity contribution < 1.29 is 22.6 Å². The van der Waals surface area contributed by atoms with Gasteiger partial charge in [0, 0.05) is 44.0 Å². The molecule has 186 valence electrons. The van der Waals surface area contributed by atoms with Gasteiger partial charge < -0.3 is 14.0 Å². The topological polar surface area (TPSA) is 79.1 Å². The third kappa shape index (κ3) is 6.39. The summed E-state index contributed by atoms with van der Waals surface area (Å²) in [4.78, 5) is 24.3. The Kier molecular flexibility index (Phi) is 7.54. The van der Waals surface area contributed by atoms with Gasteiger partial charge in [0.2, 0.25) is 0 Å². The lowest BCUT2D eigenvalue weighted by molar-refractivity contribution is -0.137. The molecule has 11 heteroatoms. The van der Waals surface area contributed by atoms with Crippen molar-refractivity contribution in [3.8, 4) is 17.5 Å². The molecule has 0 amide bonds. The predicted molar refractivity (Wildman–Crippen MR) is 126 cm³/mol. The first-order chi connectivity index (χ1) is 17.2. The maximum atomic E-state index is 13.0. The zero-order valence-electron chi connectivity index (χ0n) is 19.0. The van der Waals surface area contributed by atoms with Crippen LogP contribution in [-0.4, -0.2) is 26.1 Å². The molecule has 2 heterocycles. The van der Waals surface area contributed by atoms with Crippen LogP contribution in [0.15, 0.2) is 72.2 Å². The molecule has 0 aliphatic rings. The van der Waals surface area contributed by atoms with Gasteiger partial charge in [-0.25, -0.2) is 9.97 Å². The van der Waals surface area contributed by atoms with Crippen LogP contribution in [-0.2, 0) is 26.1 Å². The van der Waals surface area contributed by atoms with Crippen molar-refractivity contribution in [1.82, 2.24) is 19.5 Å². The second kappa shape index (κ2) is 10.8. The summed E-state index contributed by atoms with van der Waals surface area (Å²) in [7, 11) is 1.74. The Labute approximate surface area is 209 Å². The van der Waals surface area contributed by atoms with Crippen molar-refractivity contribution in [3.63, 3.8) is 0 Å². The Balaban J connectivity index is 1.34. The summed E-state index contributed by atoms with van der Waals surface area (Å²) in [5.74, 6) is 0.400. The smallest absolute Gasteiger partial charge is 0.417 e. The second-order valence-electron chi connectivity index (χ2n) is 7.87. The van der Waals surface area contributed by atoms with Crippen molar-refractivity contribution in [3.05, 3.63) is 105 Å². The molecule has 0 aliphatic carbocycles. The zero-order chi connectivity index (χ0) is 25.7. The SMILES string of the molecule is Cn1cc(Cc2cncnc2)c(=O)nc1OCCc1ccc(Oc2ccc(Cl)c(C(F)(F)F)c2)cc1. The van der Waals surface area contributed by atoms with Crippen LogP contribution in [0.5, 0.6) is 17.5 Å². The monoisotopic (exact) mass is 516 g/mol. The average molecular weight is 517 g/mol. The first-order valence-electron chi connectivity index (χ1n) is 10.8. The number of benzene rings is 2. The Hall–Kier alpha value is -3.92. The number of rotatable bonds is 8. The summed E-state index contributed by atoms with van der Waals surface area (Å²) < 4.78 is 52.0. The summed E-state index contributed by atoms with van der Waals surface area (Å²) in [5, 5.41) is -0.391. The van der Waals surface area contributed by atoms with E-state index >= 15 is 0 Å². The molecule has 7 nitrogen and oxygen atoms in total. The molecule has 36 heavy (non-hydrogen) atoms. The molecule has 4 aromatic rings. The number of hydrogen-bond acceptors (Lipinski definition) is 6. The van der Waals surface area contributed by atoms with Crippen LogP contribution in [0.1, 0.15) is 22.3 Å². The molecule has 0 radical (unpaired) electrons. The Bertz CT molecular complexity index is 1390. The molecule has 0 spiro atoms. The highest BCUT2D eigenvalue weighted by atomic mass is 35.5. The van der Waals surface area contributed by atoms with Crippen molar-refractivity contribution in [2.45, 2.75) is 19.0 Å². The van der Waals surface area contributed by atoms with Gasteiger partial charge in [0.1, 0.15) is 17.8 Å². The summed E-state index contributed by atoms with van der Waals surface area (Å²) in [6.07, 6.45) is 2.68. The normalized spacial score (nSPS) is 11.4. The van der Waals surface area contributed by atoms with Gasteiger partial charge in [-0.2, -0.15) is 18.2 Å². The van der Waals surface area contributed by atoms with Gasteiger partial charge in [0.15, 0.2) is 0 Å². The minimum absolute atomic E-state index is 0.0260. The van der Waals surface area contributed by atoms with Gasteiger partial charge in [-0.1, -0.05) is 23.7 Å². The van der Waals surface area contributed by atoms with Gasteiger partial charge >= 0.3 is 6.18 Å². The molecule has 0 bridgehead atoms. The van der Waals surface area contributed by atoms with E-state index in [9.17, 15) is 18.0 Å². The Morgan fingerprint density at radius 3 is 2.39 bits per heavy atom. The van der Waals surface area contributed by atoms with Gasteiger partial charge in [-0.15, -0.1) is 0 Å². The first kappa shape index (κ1) is 25.2. The van der Waals surface area contributed by atoms with Gasteiger partial charge in [0.05, 0.1) is 17.2 Å². The number of aromatic nitrogens is 4. The molecular formula is C25H20ClF3N4O3. The molecular weight excluding hydrogens is 497 g/mol. The molecule has 0 aliphatic heterocycles. The van der Waals surface area contributed by atoms with Crippen LogP contribution in [0.2, 0.25) is 5.02 Å². The van der Waals surface area contributed by atoms with Gasteiger partial charge in [-0.05, 0) is 41.5 Å². The van der Waals surface area contributed by atoms with E-state index in [1.54, 1.807) is 54.5 Å². The maximum absolute atomic E-state index is 13.0. The van der Waals surface area contributed by atoms with Crippen LogP contribution in [0.3, 0.4) is 0 Å². The third-order valence-corrected chi connectivity index (χ3v) is 5.49. The Morgan fingerprint density at radius 1 is 1.00 bits per heavy atom. The van der Waals surface area contributed by atoms with E-state index in [4.69, 9.17) is 21.1 Å². The minimum Gasteiger partial charge on any atom is -0.464 e. The van der Waals surface area contributed by atoms with Gasteiger partial charge in [-0.3, -0.25) is 4.79 Å². The van der Waals surface area contributed by atoms with Crippen molar-refractivity contribution in [2.75, 3.05) is 6.61 Å². The van der Waals surface area contributed by atoms with Crippen LogP contribution in [0, 0.1) is 0 Å². The number of hydrogen-bond donors (Lipinski definition) is 0. The number of alkyl halides is 3. The summed E-state index contributed by atoms with van der Waals surface area (Å²) in [6, 6.07) is 10.4. The summed E-state index contributed by atoms with van der Waals surface area (Å²) in [6.45, 7) is 0.262. The van der Waals surface area contributed by atoms with E-state index < -0.39 is 16.8 Å². The van der Waals surface area contributed by atoms with Crippen molar-refractivity contribution in [2.24, 2.45) is 7.05 Å². The summed E-state index contributed by atoms with van der Waals surface area (Å²) in [5.41, 5.74) is 0.859. The fourth-order valence-electron chi connectivity index (χ4n) is 3.38. The van der Waals surface area contributed by atoms with Crippen molar-refractivity contribution >= 4 is 11.6 Å². The highest BCUT2D eigenvalue weighted by Crippen LogP contribution is 2.37. The number of halogens is 4. The zero-order valence-corrected chi connectivity index (χ0v) is 19.8. The molecule has 2 aromatic heterocycles. The van der Waals surface area contributed by atoms with E-state index in [2.05, 4.69) is 15.0 Å². The van der Waals surface area contributed by atoms with E-state index in [0.29, 0.717) is 24.2 Å². The lowest BCUT2D eigenvalue weighted by Gasteiger charge is -2.12. The van der Waals surface area contributed by atoms with E-state index in [1.165, 1.54) is 12.4 Å².